The van der Waals surface area contributed by atoms with Crippen LogP contribution < -0.4 is 0 Å². The second-order valence-corrected chi connectivity index (χ2v) is 2.00. The van der Waals surface area contributed by atoms with E-state index in [1.54, 1.807) is 6.92 Å². The van der Waals surface area contributed by atoms with Crippen LogP contribution in [-0.4, -0.2) is 4.89 Å². The fourth-order valence-electron chi connectivity index (χ4n) is 0.196. The SMILES string of the molecule is C=C(CC)O[PH](=O)O. The normalized spacial score (nSPS) is 12.8. The molecule has 0 saturated heterocycles. The molecule has 1 unspecified atom stereocenters. The van der Waals surface area contributed by atoms with Gasteiger partial charge in [0.05, 0.1) is 5.76 Å². The molecule has 0 aliphatic carbocycles. The van der Waals surface area contributed by atoms with Crippen LogP contribution in [0.25, 0.3) is 0 Å². The Morgan fingerprint density at radius 2 is 2.50 bits per heavy atom. The zero-order valence-corrected chi connectivity index (χ0v) is 5.68. The van der Waals surface area contributed by atoms with E-state index in [2.05, 4.69) is 11.1 Å². The van der Waals surface area contributed by atoms with E-state index in [1.807, 2.05) is 0 Å². The van der Waals surface area contributed by atoms with Crippen LogP contribution in [-0.2, 0) is 9.09 Å². The van der Waals surface area contributed by atoms with Gasteiger partial charge in [0.1, 0.15) is 0 Å². The van der Waals surface area contributed by atoms with Crippen molar-refractivity contribution in [1.29, 1.82) is 0 Å². The third kappa shape index (κ3) is 3.90. The highest BCUT2D eigenvalue weighted by Gasteiger charge is 1.91. The summed E-state index contributed by atoms with van der Waals surface area (Å²) in [6, 6.07) is 0. The summed E-state index contributed by atoms with van der Waals surface area (Å²) < 4.78 is 14.2. The van der Waals surface area contributed by atoms with Gasteiger partial charge >= 0.3 is 8.25 Å². The van der Waals surface area contributed by atoms with Crippen molar-refractivity contribution in [1.82, 2.24) is 0 Å². The van der Waals surface area contributed by atoms with Crippen molar-refractivity contribution in [2.24, 2.45) is 0 Å². The molecule has 0 aromatic carbocycles. The fourth-order valence-corrected chi connectivity index (χ4v) is 0.587. The van der Waals surface area contributed by atoms with Crippen LogP contribution in [0.2, 0.25) is 0 Å². The average molecular weight is 136 g/mol. The molecule has 0 aromatic rings. The van der Waals surface area contributed by atoms with Crippen molar-refractivity contribution in [2.45, 2.75) is 13.3 Å². The molecule has 3 nitrogen and oxygen atoms in total. The minimum atomic E-state index is -2.80. The third-order valence-corrected chi connectivity index (χ3v) is 1.09. The summed E-state index contributed by atoms with van der Waals surface area (Å²) in [7, 11) is -2.80. The first kappa shape index (κ1) is 7.73. The third-order valence-electron chi connectivity index (χ3n) is 0.626. The summed E-state index contributed by atoms with van der Waals surface area (Å²) in [5, 5.41) is 0. The van der Waals surface area contributed by atoms with Gasteiger partial charge in [-0.25, -0.2) is 4.57 Å². The molecular weight excluding hydrogens is 127 g/mol. The van der Waals surface area contributed by atoms with Crippen molar-refractivity contribution < 1.29 is 14.0 Å². The largest absolute Gasteiger partial charge is 0.432 e. The summed E-state index contributed by atoms with van der Waals surface area (Å²) in [5.41, 5.74) is 0. The molecule has 0 aliphatic rings. The van der Waals surface area contributed by atoms with E-state index in [0.29, 0.717) is 12.2 Å². The maximum atomic E-state index is 9.87. The van der Waals surface area contributed by atoms with Crippen LogP contribution in [0.4, 0.5) is 0 Å². The van der Waals surface area contributed by atoms with Gasteiger partial charge < -0.3 is 9.42 Å². The molecule has 4 heteroatoms. The van der Waals surface area contributed by atoms with Crippen LogP contribution in [0.1, 0.15) is 13.3 Å². The Hall–Kier alpha value is -0.270. The molecule has 0 rings (SSSR count). The molecule has 1 N–H and O–H groups in total. The van der Waals surface area contributed by atoms with Crippen LogP contribution in [0.5, 0.6) is 0 Å². The highest BCUT2D eigenvalue weighted by molar-refractivity contribution is 7.32. The van der Waals surface area contributed by atoms with Gasteiger partial charge in [0, 0.05) is 6.42 Å². The zero-order valence-electron chi connectivity index (χ0n) is 4.68. The molecule has 0 amide bonds. The zero-order chi connectivity index (χ0) is 6.57. The van der Waals surface area contributed by atoms with E-state index in [-0.39, 0.29) is 0 Å². The van der Waals surface area contributed by atoms with E-state index < -0.39 is 8.25 Å². The number of allylic oxidation sites excluding steroid dienone is 1. The van der Waals surface area contributed by atoms with Gasteiger partial charge in [-0.05, 0) is 0 Å². The standard InChI is InChI=1S/C4H9O3P/c1-3-4(2)7-8(5)6/h8H,2-3H2,1H3,(H,5,6). The molecule has 0 bridgehead atoms. The number of hydrogen-bond acceptors (Lipinski definition) is 2. The highest BCUT2D eigenvalue weighted by atomic mass is 31.1. The highest BCUT2D eigenvalue weighted by Crippen LogP contribution is 2.20. The lowest BCUT2D eigenvalue weighted by atomic mass is 10.4. The molecule has 48 valence electrons. The first-order chi connectivity index (χ1) is 3.66. The Bertz CT molecular complexity index is 110. The van der Waals surface area contributed by atoms with Gasteiger partial charge in [-0.3, -0.25) is 0 Å². The van der Waals surface area contributed by atoms with Crippen LogP contribution in [0.3, 0.4) is 0 Å². The van der Waals surface area contributed by atoms with Gasteiger partial charge in [-0.1, -0.05) is 13.5 Å². The Kier molecular flexibility index (Phi) is 3.57. The van der Waals surface area contributed by atoms with Crippen LogP contribution in [0, 0.1) is 0 Å². The Morgan fingerprint density at radius 3 is 2.62 bits per heavy atom. The number of rotatable bonds is 3. The molecule has 0 spiro atoms. The fraction of sp³-hybridized carbons (Fsp3) is 0.500. The predicted octanol–water partition coefficient (Wildman–Crippen LogP) is 1.31. The molecule has 1 atom stereocenters. The van der Waals surface area contributed by atoms with E-state index in [0.717, 1.165) is 0 Å². The van der Waals surface area contributed by atoms with Gasteiger partial charge in [-0.15, -0.1) is 0 Å². The van der Waals surface area contributed by atoms with E-state index in [9.17, 15) is 4.57 Å². The topological polar surface area (TPSA) is 46.5 Å². The molecule has 8 heavy (non-hydrogen) atoms. The molecule has 0 radical (unpaired) electrons. The summed E-state index contributed by atoms with van der Waals surface area (Å²) in [6.07, 6.45) is 0.580. The van der Waals surface area contributed by atoms with E-state index >= 15 is 0 Å². The Balaban J connectivity index is 3.40. The first-order valence-electron chi connectivity index (χ1n) is 2.25. The average Bonchev–Trinajstić information content (AvgIpc) is 1.65. The van der Waals surface area contributed by atoms with Gasteiger partial charge in [0.2, 0.25) is 0 Å². The maximum absolute atomic E-state index is 9.87. The lowest BCUT2D eigenvalue weighted by Gasteiger charge is -1.99. The van der Waals surface area contributed by atoms with Crippen LogP contribution >= 0.6 is 8.25 Å². The minimum absolute atomic E-state index is 0.358. The Morgan fingerprint density at radius 1 is 2.00 bits per heavy atom. The van der Waals surface area contributed by atoms with Gasteiger partial charge in [-0.2, -0.15) is 0 Å². The van der Waals surface area contributed by atoms with Crippen molar-refractivity contribution in [2.75, 3.05) is 0 Å². The van der Waals surface area contributed by atoms with Gasteiger partial charge in [0.25, 0.3) is 0 Å². The van der Waals surface area contributed by atoms with Gasteiger partial charge in [0.15, 0.2) is 0 Å². The smallest absolute Gasteiger partial charge is 0.364 e. The monoisotopic (exact) mass is 136 g/mol. The molecule has 0 fully saturated rings. The van der Waals surface area contributed by atoms with Crippen molar-refractivity contribution in [3.8, 4) is 0 Å². The summed E-state index contributed by atoms with van der Waals surface area (Å²) in [6.45, 7) is 5.16. The van der Waals surface area contributed by atoms with Crippen LogP contribution in [0.15, 0.2) is 12.3 Å². The maximum Gasteiger partial charge on any atom is 0.364 e. The quantitative estimate of drug-likeness (QED) is 0.470. The Labute approximate surface area is 48.9 Å². The van der Waals surface area contributed by atoms with E-state index in [4.69, 9.17) is 4.89 Å². The summed E-state index contributed by atoms with van der Waals surface area (Å²) >= 11 is 0. The van der Waals surface area contributed by atoms with E-state index in [1.165, 1.54) is 0 Å². The predicted molar refractivity (Wildman–Crippen MR) is 31.7 cm³/mol. The lowest BCUT2D eigenvalue weighted by Crippen LogP contribution is -1.76. The lowest BCUT2D eigenvalue weighted by molar-refractivity contribution is 0.345. The first-order valence-corrected chi connectivity index (χ1v) is 3.51. The summed E-state index contributed by atoms with van der Waals surface area (Å²) in [4.78, 5) is 8.12. The molecule has 0 heterocycles. The molecule has 0 aliphatic heterocycles. The number of hydrogen-bond donors (Lipinski definition) is 1. The second kappa shape index (κ2) is 3.70. The van der Waals surface area contributed by atoms with Crippen molar-refractivity contribution in [3.63, 3.8) is 0 Å². The van der Waals surface area contributed by atoms with Crippen molar-refractivity contribution in [3.05, 3.63) is 12.3 Å². The molecular formula is C4H9O3P. The van der Waals surface area contributed by atoms with Crippen molar-refractivity contribution >= 4 is 8.25 Å². The summed E-state index contributed by atoms with van der Waals surface area (Å²) in [5.74, 6) is 0.358. The molecule has 0 aromatic heterocycles. The minimum Gasteiger partial charge on any atom is -0.432 e. The second-order valence-electron chi connectivity index (χ2n) is 1.26. The molecule has 0 saturated carbocycles.